The van der Waals surface area contributed by atoms with Gasteiger partial charge in [0.2, 0.25) is 5.95 Å². The van der Waals surface area contributed by atoms with Crippen LogP contribution < -0.4 is 5.32 Å². The number of nitrogens with zero attached hydrogens (tertiary/aromatic N) is 4. The molecule has 0 saturated heterocycles. The van der Waals surface area contributed by atoms with E-state index in [-0.39, 0.29) is 0 Å². The highest BCUT2D eigenvalue weighted by Crippen LogP contribution is 2.14. The third-order valence-corrected chi connectivity index (χ3v) is 3.00. The quantitative estimate of drug-likeness (QED) is 0.723. The van der Waals surface area contributed by atoms with Gasteiger partial charge >= 0.3 is 0 Å². The lowest BCUT2D eigenvalue weighted by Gasteiger charge is -2.05. The van der Waals surface area contributed by atoms with Crippen LogP contribution in [0, 0.1) is 0 Å². The molecule has 7 heteroatoms. The molecule has 0 aliphatic carbocycles. The van der Waals surface area contributed by atoms with Crippen LogP contribution in [0.3, 0.4) is 0 Å². The molecule has 0 saturated carbocycles. The van der Waals surface area contributed by atoms with Crippen LogP contribution in [0.2, 0.25) is 0 Å². The Bertz CT molecular complexity index is 728. The first kappa shape index (κ1) is 14.2. The van der Waals surface area contributed by atoms with Crippen molar-refractivity contribution in [3.05, 3.63) is 54.1 Å². The van der Waals surface area contributed by atoms with E-state index in [0.29, 0.717) is 19.1 Å². The van der Waals surface area contributed by atoms with Crippen molar-refractivity contribution in [2.45, 2.75) is 13.2 Å². The van der Waals surface area contributed by atoms with E-state index in [2.05, 4.69) is 30.5 Å². The number of hydrogen-bond donors (Lipinski definition) is 2. The highest BCUT2D eigenvalue weighted by molar-refractivity contribution is 5.54. The molecule has 0 fully saturated rings. The van der Waals surface area contributed by atoms with E-state index >= 15 is 0 Å². The third kappa shape index (κ3) is 3.44. The number of hydrogen-bond acceptors (Lipinski definition) is 6. The molecule has 0 bridgehead atoms. The lowest BCUT2D eigenvalue weighted by Crippen LogP contribution is -2.04. The Morgan fingerprint density at radius 1 is 1.14 bits per heavy atom. The van der Waals surface area contributed by atoms with Gasteiger partial charge in [-0.2, -0.15) is 5.10 Å². The van der Waals surface area contributed by atoms with Crippen molar-refractivity contribution in [2.24, 2.45) is 0 Å². The molecule has 3 aromatic rings. The molecule has 22 heavy (non-hydrogen) atoms. The predicted octanol–water partition coefficient (Wildman–Crippen LogP) is 2.02. The van der Waals surface area contributed by atoms with E-state index in [1.807, 2.05) is 30.3 Å². The van der Waals surface area contributed by atoms with Crippen LogP contribution in [-0.4, -0.2) is 32.3 Å². The number of ether oxygens (including phenoxy) is 1. The number of aromatic nitrogens is 5. The molecule has 0 radical (unpaired) electrons. The van der Waals surface area contributed by atoms with Gasteiger partial charge in [-0.05, 0) is 24.3 Å². The summed E-state index contributed by atoms with van der Waals surface area (Å²) < 4.78 is 5.03. The maximum atomic E-state index is 5.03. The van der Waals surface area contributed by atoms with Crippen molar-refractivity contribution >= 4 is 5.95 Å². The van der Waals surface area contributed by atoms with Crippen LogP contribution in [0.1, 0.15) is 11.4 Å². The molecule has 0 aliphatic rings. The topological polar surface area (TPSA) is 88.6 Å². The van der Waals surface area contributed by atoms with E-state index in [9.17, 15) is 0 Å². The Morgan fingerprint density at radius 3 is 2.91 bits per heavy atom. The molecule has 7 nitrogen and oxygen atoms in total. The summed E-state index contributed by atoms with van der Waals surface area (Å²) in [7, 11) is 1.64. The van der Waals surface area contributed by atoms with Crippen LogP contribution in [-0.2, 0) is 17.9 Å². The molecule has 3 aromatic heterocycles. The standard InChI is InChI=1S/C15H16N6O/c1-22-10-12-8-11(20-21-12)9-18-15-17-7-5-14(19-15)13-4-2-3-6-16-13/h2-8H,9-10H2,1H3,(H,20,21)(H,17,18,19). The smallest absolute Gasteiger partial charge is 0.223 e. The van der Waals surface area contributed by atoms with E-state index in [1.165, 1.54) is 0 Å². The van der Waals surface area contributed by atoms with Crippen molar-refractivity contribution in [1.29, 1.82) is 0 Å². The van der Waals surface area contributed by atoms with Crippen LogP contribution in [0.15, 0.2) is 42.7 Å². The fourth-order valence-electron chi connectivity index (χ4n) is 2.00. The molecule has 0 amide bonds. The Labute approximate surface area is 127 Å². The van der Waals surface area contributed by atoms with Gasteiger partial charge < -0.3 is 10.1 Å². The normalized spacial score (nSPS) is 10.6. The second-order valence-electron chi connectivity index (χ2n) is 4.65. The number of anilines is 1. The first-order valence-electron chi connectivity index (χ1n) is 6.85. The van der Waals surface area contributed by atoms with Crippen molar-refractivity contribution in [2.75, 3.05) is 12.4 Å². The fourth-order valence-corrected chi connectivity index (χ4v) is 2.00. The molecule has 3 rings (SSSR count). The van der Waals surface area contributed by atoms with Crippen molar-refractivity contribution < 1.29 is 4.74 Å². The van der Waals surface area contributed by atoms with Crippen LogP contribution in [0.25, 0.3) is 11.4 Å². The monoisotopic (exact) mass is 296 g/mol. The van der Waals surface area contributed by atoms with Gasteiger partial charge in [0, 0.05) is 19.5 Å². The van der Waals surface area contributed by atoms with Gasteiger partial charge in [-0.25, -0.2) is 9.97 Å². The lowest BCUT2D eigenvalue weighted by molar-refractivity contribution is 0.181. The largest absolute Gasteiger partial charge is 0.378 e. The van der Waals surface area contributed by atoms with Crippen LogP contribution in [0.4, 0.5) is 5.95 Å². The molecule has 2 N–H and O–H groups in total. The summed E-state index contributed by atoms with van der Waals surface area (Å²) >= 11 is 0. The Kier molecular flexibility index (Phi) is 4.35. The summed E-state index contributed by atoms with van der Waals surface area (Å²) in [6.07, 6.45) is 3.45. The van der Waals surface area contributed by atoms with Gasteiger partial charge in [0.25, 0.3) is 0 Å². The predicted molar refractivity (Wildman–Crippen MR) is 81.9 cm³/mol. The summed E-state index contributed by atoms with van der Waals surface area (Å²) in [5, 5.41) is 10.3. The SMILES string of the molecule is COCc1cc(CNc2nccc(-c3ccccn3)n2)[nH]n1. The molecule has 3 heterocycles. The van der Waals surface area contributed by atoms with Crippen molar-refractivity contribution in [1.82, 2.24) is 25.1 Å². The summed E-state index contributed by atoms with van der Waals surface area (Å²) in [6, 6.07) is 9.50. The van der Waals surface area contributed by atoms with Gasteiger partial charge in [0.1, 0.15) is 0 Å². The number of rotatable bonds is 6. The minimum Gasteiger partial charge on any atom is -0.378 e. The fraction of sp³-hybridized carbons (Fsp3) is 0.200. The third-order valence-electron chi connectivity index (χ3n) is 3.00. The molecule has 0 aliphatic heterocycles. The zero-order valence-corrected chi connectivity index (χ0v) is 12.2. The van der Waals surface area contributed by atoms with Gasteiger partial charge in [-0.1, -0.05) is 6.07 Å². The molecular weight excluding hydrogens is 280 g/mol. The summed E-state index contributed by atoms with van der Waals surface area (Å²) in [4.78, 5) is 13.0. The van der Waals surface area contributed by atoms with Gasteiger partial charge in [0.05, 0.1) is 35.9 Å². The maximum Gasteiger partial charge on any atom is 0.223 e. The van der Waals surface area contributed by atoms with Crippen LogP contribution in [0.5, 0.6) is 0 Å². The van der Waals surface area contributed by atoms with Crippen LogP contribution >= 0.6 is 0 Å². The number of aromatic amines is 1. The Hall–Kier alpha value is -2.80. The Balaban J connectivity index is 1.67. The number of pyridine rings is 1. The molecule has 0 unspecified atom stereocenters. The van der Waals surface area contributed by atoms with E-state index in [1.54, 1.807) is 19.5 Å². The second-order valence-corrected chi connectivity index (χ2v) is 4.65. The minimum absolute atomic E-state index is 0.488. The Morgan fingerprint density at radius 2 is 2.09 bits per heavy atom. The summed E-state index contributed by atoms with van der Waals surface area (Å²) in [5.41, 5.74) is 3.40. The van der Waals surface area contributed by atoms with E-state index in [0.717, 1.165) is 22.8 Å². The van der Waals surface area contributed by atoms with Gasteiger partial charge in [0.15, 0.2) is 0 Å². The first-order chi connectivity index (χ1) is 10.8. The molecule has 0 aromatic carbocycles. The number of H-pyrrole nitrogens is 1. The van der Waals surface area contributed by atoms with Gasteiger partial charge in [-0.3, -0.25) is 10.1 Å². The highest BCUT2D eigenvalue weighted by Gasteiger charge is 2.04. The average molecular weight is 296 g/mol. The maximum absolute atomic E-state index is 5.03. The van der Waals surface area contributed by atoms with Gasteiger partial charge in [-0.15, -0.1) is 0 Å². The zero-order valence-electron chi connectivity index (χ0n) is 12.2. The lowest BCUT2D eigenvalue weighted by atomic mass is 10.2. The second kappa shape index (κ2) is 6.77. The minimum atomic E-state index is 0.488. The molecule has 112 valence electrons. The van der Waals surface area contributed by atoms with Crippen molar-refractivity contribution in [3.8, 4) is 11.4 Å². The average Bonchev–Trinajstić information content (AvgIpc) is 3.02. The number of methoxy groups -OCH3 is 1. The zero-order chi connectivity index (χ0) is 15.2. The molecular formula is C15H16N6O. The summed E-state index contributed by atoms with van der Waals surface area (Å²) in [6.45, 7) is 1.05. The highest BCUT2D eigenvalue weighted by atomic mass is 16.5. The first-order valence-corrected chi connectivity index (χ1v) is 6.85. The van der Waals surface area contributed by atoms with Crippen molar-refractivity contribution in [3.63, 3.8) is 0 Å². The van der Waals surface area contributed by atoms with E-state index in [4.69, 9.17) is 4.74 Å². The summed E-state index contributed by atoms with van der Waals surface area (Å²) in [5.74, 6) is 0.547. The van der Waals surface area contributed by atoms with E-state index < -0.39 is 0 Å². The number of nitrogens with one attached hydrogen (secondary N) is 2. The molecule has 0 atom stereocenters. The molecule has 0 spiro atoms.